The molecule has 3 rings (SSSR count). The summed E-state index contributed by atoms with van der Waals surface area (Å²) >= 11 is 1.28. The molecule has 0 saturated carbocycles. The van der Waals surface area contributed by atoms with Crippen LogP contribution in [0.2, 0.25) is 0 Å². The Hall–Kier alpha value is -2.18. The first-order chi connectivity index (χ1) is 11.0. The lowest BCUT2D eigenvalue weighted by Gasteiger charge is -2.05. The maximum absolute atomic E-state index is 12.3. The van der Waals surface area contributed by atoms with Crippen LogP contribution in [-0.4, -0.2) is 13.4 Å². The van der Waals surface area contributed by atoms with E-state index in [2.05, 4.69) is 15.8 Å². The third-order valence-corrected chi connectivity index (χ3v) is 5.68. The van der Waals surface area contributed by atoms with Gasteiger partial charge in [-0.3, -0.25) is 4.72 Å². The molecule has 6 heteroatoms. The lowest BCUT2D eigenvalue weighted by molar-refractivity contribution is 0.601. The number of anilines is 1. The molecule has 0 unspecified atom stereocenters. The van der Waals surface area contributed by atoms with Crippen LogP contribution in [-0.2, 0) is 10.0 Å². The van der Waals surface area contributed by atoms with Gasteiger partial charge in [-0.15, -0.1) is 11.3 Å². The third kappa shape index (κ3) is 3.43. The number of sulfonamides is 1. The highest BCUT2D eigenvalue weighted by molar-refractivity contribution is 7.93. The quantitative estimate of drug-likeness (QED) is 0.770. The van der Waals surface area contributed by atoms with E-state index in [4.69, 9.17) is 0 Å². The van der Waals surface area contributed by atoms with Gasteiger partial charge < -0.3 is 0 Å². The van der Waals surface area contributed by atoms with Crippen LogP contribution < -0.4 is 4.72 Å². The first-order valence-corrected chi connectivity index (χ1v) is 9.43. The first kappa shape index (κ1) is 15.7. The molecular formula is C17H16N2O2S2. The molecule has 0 aliphatic rings. The smallest absolute Gasteiger partial charge is 0.255 e. The van der Waals surface area contributed by atoms with Gasteiger partial charge in [0.25, 0.3) is 10.0 Å². The molecule has 23 heavy (non-hydrogen) atoms. The molecule has 0 aliphatic heterocycles. The summed E-state index contributed by atoms with van der Waals surface area (Å²) in [6.45, 7) is 4.06. The molecule has 1 aromatic heterocycles. The number of rotatable bonds is 4. The minimum absolute atomic E-state index is 0.225. The van der Waals surface area contributed by atoms with Crippen LogP contribution >= 0.6 is 11.3 Å². The lowest BCUT2D eigenvalue weighted by atomic mass is 10.0. The summed E-state index contributed by atoms with van der Waals surface area (Å²) in [6, 6.07) is 14.4. The Labute approximate surface area is 139 Å². The molecule has 1 heterocycles. The number of aromatic nitrogens is 1. The van der Waals surface area contributed by atoms with Gasteiger partial charge in [0.15, 0.2) is 5.13 Å². The molecule has 0 radical (unpaired) electrons. The molecule has 118 valence electrons. The molecule has 0 bridgehead atoms. The van der Waals surface area contributed by atoms with Gasteiger partial charge in [-0.1, -0.05) is 42.0 Å². The van der Waals surface area contributed by atoms with Gasteiger partial charge in [0, 0.05) is 10.9 Å². The Bertz CT molecular complexity index is 932. The summed E-state index contributed by atoms with van der Waals surface area (Å²) < 4.78 is 27.2. The molecule has 0 atom stereocenters. The van der Waals surface area contributed by atoms with Gasteiger partial charge in [0.1, 0.15) is 0 Å². The third-order valence-electron chi connectivity index (χ3n) is 3.44. The highest BCUT2D eigenvalue weighted by Crippen LogP contribution is 2.29. The fourth-order valence-electron chi connectivity index (χ4n) is 2.32. The maximum atomic E-state index is 12.3. The van der Waals surface area contributed by atoms with Crippen LogP contribution in [0.3, 0.4) is 0 Å². The number of hydrogen-bond donors (Lipinski definition) is 1. The number of nitrogens with zero attached hydrogens (tertiary/aromatic N) is 1. The minimum Gasteiger partial charge on any atom is -0.255 e. The second-order valence-corrected chi connectivity index (χ2v) is 7.82. The van der Waals surface area contributed by atoms with Crippen molar-refractivity contribution >= 4 is 26.5 Å². The second-order valence-electron chi connectivity index (χ2n) is 5.27. The molecule has 0 amide bonds. The number of nitrogens with one attached hydrogen (secondary N) is 1. The molecule has 0 fully saturated rings. The number of thiazole rings is 1. The number of hydrogen-bond acceptors (Lipinski definition) is 4. The van der Waals surface area contributed by atoms with E-state index in [0.717, 1.165) is 16.8 Å². The molecule has 3 aromatic rings. The lowest BCUT2D eigenvalue weighted by Crippen LogP contribution is -2.12. The summed E-state index contributed by atoms with van der Waals surface area (Å²) in [5.74, 6) is 0. The van der Waals surface area contributed by atoms with E-state index in [1.54, 1.807) is 30.3 Å². The van der Waals surface area contributed by atoms with E-state index in [-0.39, 0.29) is 4.90 Å². The Kier molecular flexibility index (Phi) is 4.19. The van der Waals surface area contributed by atoms with Gasteiger partial charge in [0.05, 0.1) is 10.6 Å². The first-order valence-electron chi connectivity index (χ1n) is 7.07. The SMILES string of the molecule is Cc1ccc(-c2csc(NS(=O)(=O)c3ccccc3)n2)c(C)c1. The fourth-order valence-corrected chi connectivity index (χ4v) is 4.30. The molecule has 0 spiro atoms. The minimum atomic E-state index is -3.60. The zero-order chi connectivity index (χ0) is 16.4. The summed E-state index contributed by atoms with van der Waals surface area (Å²) in [5, 5.41) is 2.23. The highest BCUT2D eigenvalue weighted by atomic mass is 32.2. The van der Waals surface area contributed by atoms with Crippen molar-refractivity contribution < 1.29 is 8.42 Å². The average molecular weight is 344 g/mol. The normalized spacial score (nSPS) is 11.4. The van der Waals surface area contributed by atoms with Crippen LogP contribution in [0.1, 0.15) is 11.1 Å². The Morgan fingerprint density at radius 1 is 1.04 bits per heavy atom. The summed E-state index contributed by atoms with van der Waals surface area (Å²) in [6.07, 6.45) is 0. The van der Waals surface area contributed by atoms with Crippen LogP contribution in [0.5, 0.6) is 0 Å². The van der Waals surface area contributed by atoms with Crippen molar-refractivity contribution in [3.05, 3.63) is 65.0 Å². The molecule has 0 saturated heterocycles. The van der Waals surface area contributed by atoms with Crippen LogP contribution in [0.4, 0.5) is 5.13 Å². The van der Waals surface area contributed by atoms with Gasteiger partial charge in [-0.05, 0) is 31.5 Å². The van der Waals surface area contributed by atoms with Crippen molar-refractivity contribution in [3.8, 4) is 11.3 Å². The Morgan fingerprint density at radius 2 is 1.78 bits per heavy atom. The van der Waals surface area contributed by atoms with Crippen molar-refractivity contribution in [1.82, 2.24) is 4.98 Å². The van der Waals surface area contributed by atoms with Crippen LogP contribution in [0.25, 0.3) is 11.3 Å². The van der Waals surface area contributed by atoms with Crippen molar-refractivity contribution in [2.45, 2.75) is 18.7 Å². The van der Waals surface area contributed by atoms with E-state index in [0.29, 0.717) is 5.13 Å². The molecule has 4 nitrogen and oxygen atoms in total. The maximum Gasteiger partial charge on any atom is 0.263 e. The Morgan fingerprint density at radius 3 is 2.48 bits per heavy atom. The number of benzene rings is 2. The van der Waals surface area contributed by atoms with Crippen molar-refractivity contribution in [1.29, 1.82) is 0 Å². The topological polar surface area (TPSA) is 59.1 Å². The van der Waals surface area contributed by atoms with Crippen LogP contribution in [0, 0.1) is 13.8 Å². The Balaban J connectivity index is 1.88. The largest absolute Gasteiger partial charge is 0.263 e. The summed E-state index contributed by atoms with van der Waals surface area (Å²) in [5.41, 5.74) is 4.09. The zero-order valence-electron chi connectivity index (χ0n) is 12.8. The van der Waals surface area contributed by atoms with E-state index in [9.17, 15) is 8.42 Å². The van der Waals surface area contributed by atoms with Gasteiger partial charge in [0.2, 0.25) is 0 Å². The molecule has 0 aliphatic carbocycles. The van der Waals surface area contributed by atoms with Gasteiger partial charge in [-0.25, -0.2) is 13.4 Å². The van der Waals surface area contributed by atoms with E-state index >= 15 is 0 Å². The monoisotopic (exact) mass is 344 g/mol. The van der Waals surface area contributed by atoms with E-state index in [1.165, 1.54) is 16.9 Å². The average Bonchev–Trinajstić information content (AvgIpc) is 2.95. The molecule has 2 aromatic carbocycles. The molecule has 1 N–H and O–H groups in total. The predicted molar refractivity (Wildman–Crippen MR) is 94.3 cm³/mol. The second kappa shape index (κ2) is 6.14. The zero-order valence-corrected chi connectivity index (χ0v) is 14.4. The summed E-state index contributed by atoms with van der Waals surface area (Å²) in [4.78, 5) is 4.64. The fraction of sp³-hybridized carbons (Fsp3) is 0.118. The molecular weight excluding hydrogens is 328 g/mol. The van der Waals surface area contributed by atoms with E-state index in [1.807, 2.05) is 31.4 Å². The van der Waals surface area contributed by atoms with Gasteiger partial charge >= 0.3 is 0 Å². The van der Waals surface area contributed by atoms with Crippen molar-refractivity contribution in [2.75, 3.05) is 4.72 Å². The van der Waals surface area contributed by atoms with Crippen molar-refractivity contribution in [3.63, 3.8) is 0 Å². The predicted octanol–water partition coefficient (Wildman–Crippen LogP) is 4.23. The summed E-state index contributed by atoms with van der Waals surface area (Å²) in [7, 11) is -3.60. The van der Waals surface area contributed by atoms with E-state index < -0.39 is 10.0 Å². The standard InChI is InChI=1S/C17H16N2O2S2/c1-12-8-9-15(13(2)10-12)16-11-22-17(18-16)19-23(20,21)14-6-4-3-5-7-14/h3-11H,1-2H3,(H,18,19). The highest BCUT2D eigenvalue weighted by Gasteiger charge is 2.16. The van der Waals surface area contributed by atoms with Gasteiger partial charge in [-0.2, -0.15) is 0 Å². The number of aryl methyl sites for hydroxylation is 2. The van der Waals surface area contributed by atoms with Crippen molar-refractivity contribution in [2.24, 2.45) is 0 Å². The van der Waals surface area contributed by atoms with Crippen LogP contribution in [0.15, 0.2) is 58.8 Å².